The molecule has 1 heterocycles. The van der Waals surface area contributed by atoms with E-state index in [4.69, 9.17) is 17.3 Å². The predicted octanol–water partition coefficient (Wildman–Crippen LogP) is 0.537. The number of anilines is 1. The average Bonchev–Trinajstić information content (AvgIpc) is 2.48. The molecule has 1 aromatic rings. The fraction of sp³-hybridized carbons (Fsp3) is 0.500. The molecule has 0 saturated carbocycles. The first-order valence-electron chi connectivity index (χ1n) is 6.88. The molecule has 1 aromatic carbocycles. The molecule has 0 spiro atoms. The molecule has 0 atom stereocenters. The van der Waals surface area contributed by atoms with Gasteiger partial charge in [-0.1, -0.05) is 17.7 Å². The van der Waals surface area contributed by atoms with Gasteiger partial charge in [0.15, 0.2) is 0 Å². The Hall–Kier alpha value is -1.30. The Kier molecular flexibility index (Phi) is 5.64. The summed E-state index contributed by atoms with van der Waals surface area (Å²) in [6.45, 7) is 5.53. The average molecular weight is 297 g/mol. The van der Waals surface area contributed by atoms with Crippen LogP contribution in [0.4, 0.5) is 5.69 Å². The lowest BCUT2D eigenvalue weighted by Crippen LogP contribution is -2.48. The molecule has 6 heteroatoms. The third-order valence-electron chi connectivity index (χ3n) is 3.48. The van der Waals surface area contributed by atoms with Crippen LogP contribution < -0.4 is 16.0 Å². The summed E-state index contributed by atoms with van der Waals surface area (Å²) in [4.78, 5) is 15.7. The van der Waals surface area contributed by atoms with Crippen molar-refractivity contribution in [2.45, 2.75) is 0 Å². The topological polar surface area (TPSA) is 61.6 Å². The van der Waals surface area contributed by atoms with E-state index in [9.17, 15) is 4.79 Å². The van der Waals surface area contributed by atoms with Crippen LogP contribution in [0.2, 0.25) is 5.02 Å². The van der Waals surface area contributed by atoms with Gasteiger partial charge in [0.1, 0.15) is 0 Å². The number of carbonyl (C=O) groups excluding carboxylic acids is 1. The second-order valence-corrected chi connectivity index (χ2v) is 5.30. The van der Waals surface area contributed by atoms with Crippen molar-refractivity contribution in [3.05, 3.63) is 29.3 Å². The highest BCUT2D eigenvalue weighted by molar-refractivity contribution is 6.30. The summed E-state index contributed by atoms with van der Waals surface area (Å²) in [6, 6.07) is 7.95. The highest BCUT2D eigenvalue weighted by Gasteiger charge is 2.16. The first-order chi connectivity index (χ1) is 9.69. The largest absolute Gasteiger partial charge is 0.369 e. The molecule has 3 N–H and O–H groups in total. The standard InChI is InChI=1S/C14H21ClN4O/c15-12-2-1-3-13(10-12)19-8-6-18(7-9-19)5-4-17-14(20)11-16/h1-3,10H,4-9,11,16H2,(H,17,20). The van der Waals surface area contributed by atoms with Crippen LogP contribution in [0, 0.1) is 0 Å². The lowest BCUT2D eigenvalue weighted by atomic mass is 10.2. The Labute approximate surface area is 124 Å². The molecule has 110 valence electrons. The van der Waals surface area contributed by atoms with Crippen molar-refractivity contribution in [1.29, 1.82) is 0 Å². The van der Waals surface area contributed by atoms with Crippen molar-refractivity contribution < 1.29 is 4.79 Å². The fourth-order valence-electron chi connectivity index (χ4n) is 2.33. The maximum atomic E-state index is 11.0. The number of carbonyl (C=O) groups is 1. The smallest absolute Gasteiger partial charge is 0.233 e. The van der Waals surface area contributed by atoms with Crippen molar-refractivity contribution in [3.8, 4) is 0 Å². The number of hydrogen-bond donors (Lipinski definition) is 2. The first-order valence-corrected chi connectivity index (χ1v) is 7.26. The molecule has 1 amide bonds. The van der Waals surface area contributed by atoms with Gasteiger partial charge in [0, 0.05) is 50.0 Å². The quantitative estimate of drug-likeness (QED) is 0.832. The minimum Gasteiger partial charge on any atom is -0.369 e. The van der Waals surface area contributed by atoms with E-state index in [1.165, 1.54) is 5.69 Å². The lowest BCUT2D eigenvalue weighted by Gasteiger charge is -2.36. The Bertz CT molecular complexity index is 447. The number of nitrogens with zero attached hydrogens (tertiary/aromatic N) is 2. The second-order valence-electron chi connectivity index (χ2n) is 4.86. The van der Waals surface area contributed by atoms with Crippen LogP contribution in [0.15, 0.2) is 24.3 Å². The van der Waals surface area contributed by atoms with Gasteiger partial charge < -0.3 is 16.0 Å². The molecule has 1 aliphatic heterocycles. The monoisotopic (exact) mass is 296 g/mol. The van der Waals surface area contributed by atoms with Crippen LogP contribution in [0.5, 0.6) is 0 Å². The maximum Gasteiger partial charge on any atom is 0.233 e. The SMILES string of the molecule is NCC(=O)NCCN1CCN(c2cccc(Cl)c2)CC1. The summed E-state index contributed by atoms with van der Waals surface area (Å²) in [6.07, 6.45) is 0. The summed E-state index contributed by atoms with van der Waals surface area (Å²) >= 11 is 6.02. The highest BCUT2D eigenvalue weighted by atomic mass is 35.5. The number of amides is 1. The van der Waals surface area contributed by atoms with E-state index in [1.54, 1.807) is 0 Å². The van der Waals surface area contributed by atoms with Gasteiger partial charge in [-0.15, -0.1) is 0 Å². The van der Waals surface area contributed by atoms with Crippen molar-refractivity contribution in [1.82, 2.24) is 10.2 Å². The maximum absolute atomic E-state index is 11.0. The van der Waals surface area contributed by atoms with Crippen LogP contribution in [0.3, 0.4) is 0 Å². The Morgan fingerprint density at radius 1 is 1.30 bits per heavy atom. The molecule has 0 bridgehead atoms. The summed E-state index contributed by atoms with van der Waals surface area (Å²) in [5.74, 6) is -0.0948. The number of benzene rings is 1. The number of nitrogens with two attached hydrogens (primary N) is 1. The van der Waals surface area contributed by atoms with Gasteiger partial charge in [-0.2, -0.15) is 0 Å². The normalized spacial score (nSPS) is 16.2. The van der Waals surface area contributed by atoms with Gasteiger partial charge in [-0.3, -0.25) is 9.69 Å². The molecule has 0 unspecified atom stereocenters. The summed E-state index contributed by atoms with van der Waals surface area (Å²) in [7, 11) is 0. The first kappa shape index (κ1) is 15.1. The van der Waals surface area contributed by atoms with E-state index in [1.807, 2.05) is 18.2 Å². The van der Waals surface area contributed by atoms with Gasteiger partial charge in [0.25, 0.3) is 0 Å². The molecule has 0 aromatic heterocycles. The molecule has 0 aliphatic carbocycles. The van der Waals surface area contributed by atoms with Crippen LogP contribution in [-0.2, 0) is 4.79 Å². The van der Waals surface area contributed by atoms with Crippen molar-refractivity contribution >= 4 is 23.2 Å². The van der Waals surface area contributed by atoms with E-state index < -0.39 is 0 Å². The fourth-order valence-corrected chi connectivity index (χ4v) is 2.51. The number of nitrogens with one attached hydrogen (secondary N) is 1. The molecular weight excluding hydrogens is 276 g/mol. The highest BCUT2D eigenvalue weighted by Crippen LogP contribution is 2.20. The second kappa shape index (κ2) is 7.47. The van der Waals surface area contributed by atoms with E-state index in [0.29, 0.717) is 6.54 Å². The summed E-state index contributed by atoms with van der Waals surface area (Å²) in [5, 5.41) is 3.57. The zero-order valence-electron chi connectivity index (χ0n) is 11.5. The van der Waals surface area contributed by atoms with E-state index in [0.717, 1.165) is 37.7 Å². The third-order valence-corrected chi connectivity index (χ3v) is 3.72. The van der Waals surface area contributed by atoms with Gasteiger partial charge in [-0.05, 0) is 18.2 Å². The van der Waals surface area contributed by atoms with Gasteiger partial charge in [-0.25, -0.2) is 0 Å². The lowest BCUT2D eigenvalue weighted by molar-refractivity contribution is -0.119. The van der Waals surface area contributed by atoms with Crippen LogP contribution in [0.1, 0.15) is 0 Å². The molecule has 5 nitrogen and oxygen atoms in total. The molecule has 2 rings (SSSR count). The van der Waals surface area contributed by atoms with E-state index in [2.05, 4.69) is 21.2 Å². The molecule has 1 saturated heterocycles. The molecular formula is C14H21ClN4O. The molecule has 1 fully saturated rings. The van der Waals surface area contributed by atoms with Crippen LogP contribution in [0.25, 0.3) is 0 Å². The Balaban J connectivity index is 1.74. The summed E-state index contributed by atoms with van der Waals surface area (Å²) in [5.41, 5.74) is 6.42. The van der Waals surface area contributed by atoms with E-state index >= 15 is 0 Å². The van der Waals surface area contributed by atoms with Crippen LogP contribution in [-0.4, -0.2) is 56.6 Å². The van der Waals surface area contributed by atoms with Gasteiger partial charge in [0.2, 0.25) is 5.91 Å². The van der Waals surface area contributed by atoms with Crippen LogP contribution >= 0.6 is 11.6 Å². The zero-order valence-corrected chi connectivity index (χ0v) is 12.3. The Morgan fingerprint density at radius 2 is 2.05 bits per heavy atom. The summed E-state index contributed by atoms with van der Waals surface area (Å²) < 4.78 is 0. The third kappa shape index (κ3) is 4.37. The zero-order chi connectivity index (χ0) is 14.4. The number of piperazine rings is 1. The van der Waals surface area contributed by atoms with Crippen molar-refractivity contribution in [2.75, 3.05) is 50.7 Å². The molecule has 20 heavy (non-hydrogen) atoms. The van der Waals surface area contributed by atoms with Gasteiger partial charge >= 0.3 is 0 Å². The number of halogens is 1. The van der Waals surface area contributed by atoms with Crippen molar-refractivity contribution in [3.63, 3.8) is 0 Å². The van der Waals surface area contributed by atoms with Gasteiger partial charge in [0.05, 0.1) is 6.54 Å². The Morgan fingerprint density at radius 3 is 2.70 bits per heavy atom. The minimum atomic E-state index is -0.0948. The van der Waals surface area contributed by atoms with E-state index in [-0.39, 0.29) is 12.5 Å². The minimum absolute atomic E-state index is 0.0581. The predicted molar refractivity (Wildman–Crippen MR) is 82.2 cm³/mol. The van der Waals surface area contributed by atoms with Crippen molar-refractivity contribution in [2.24, 2.45) is 5.73 Å². The molecule has 1 aliphatic rings. The number of rotatable bonds is 5. The number of hydrogen-bond acceptors (Lipinski definition) is 4. The molecule has 0 radical (unpaired) electrons.